The van der Waals surface area contributed by atoms with Crippen LogP contribution in [0.1, 0.15) is 0 Å². The summed E-state index contributed by atoms with van der Waals surface area (Å²) in [6, 6.07) is 6.07. The number of H-pyrrole nitrogens is 1. The van der Waals surface area contributed by atoms with Gasteiger partial charge in [-0.2, -0.15) is 5.10 Å². The molecule has 0 atom stereocenters. The monoisotopic (exact) mass is 311 g/mol. The maximum absolute atomic E-state index is 13.7. The molecule has 0 aliphatic rings. The van der Waals surface area contributed by atoms with Gasteiger partial charge in [0.15, 0.2) is 23.3 Å². The molecule has 0 saturated carbocycles. The molecule has 0 aliphatic carbocycles. The Morgan fingerprint density at radius 1 is 0.773 bits per heavy atom. The second kappa shape index (κ2) is 5.21. The van der Waals surface area contributed by atoms with Crippen molar-refractivity contribution in [3.63, 3.8) is 0 Å². The molecule has 2 aromatic heterocycles. The fraction of sp³-hybridized carbons (Fsp3) is 0. The van der Waals surface area contributed by atoms with E-state index in [-0.39, 0.29) is 5.69 Å². The van der Waals surface area contributed by atoms with Crippen LogP contribution in [-0.4, -0.2) is 15.2 Å². The lowest BCUT2D eigenvalue weighted by Crippen LogP contribution is -2.04. The normalized spacial score (nSPS) is 11.0. The van der Waals surface area contributed by atoms with Crippen molar-refractivity contribution in [3.8, 4) is 22.6 Å². The van der Waals surface area contributed by atoms with Gasteiger partial charge in [-0.05, 0) is 18.2 Å². The van der Waals surface area contributed by atoms with Gasteiger partial charge in [-0.1, -0.05) is 6.07 Å². The highest BCUT2D eigenvalue weighted by molar-refractivity contribution is 5.67. The zero-order chi connectivity index (χ0) is 15.9. The fourth-order valence-electron chi connectivity index (χ4n) is 1.93. The van der Waals surface area contributed by atoms with E-state index in [4.69, 9.17) is 0 Å². The summed E-state index contributed by atoms with van der Waals surface area (Å²) in [7, 11) is 0. The summed E-state index contributed by atoms with van der Waals surface area (Å²) >= 11 is 0. The fourth-order valence-corrected chi connectivity index (χ4v) is 1.93. The van der Waals surface area contributed by atoms with Crippen molar-refractivity contribution < 1.29 is 22.0 Å². The quantitative estimate of drug-likeness (QED) is 0.444. The number of hydrogen-bond acceptors (Lipinski definition) is 2. The smallest absolute Gasteiger partial charge is 0.200 e. The first-order valence-corrected chi connectivity index (χ1v) is 5.99. The Morgan fingerprint density at radius 3 is 2.00 bits per heavy atom. The number of nitrogens with one attached hydrogen (secondary N) is 1. The number of benzene rings is 1. The molecule has 0 aliphatic heterocycles. The Labute approximate surface area is 120 Å². The minimum absolute atomic E-state index is 0.277. The van der Waals surface area contributed by atoms with Gasteiger partial charge in [-0.3, -0.25) is 10.1 Å². The molecule has 8 heteroatoms. The minimum atomic E-state index is -2.21. The van der Waals surface area contributed by atoms with E-state index in [9.17, 15) is 22.0 Å². The molecule has 0 unspecified atom stereocenters. The van der Waals surface area contributed by atoms with E-state index in [1.165, 1.54) is 6.20 Å². The number of aromatic nitrogens is 3. The van der Waals surface area contributed by atoms with Crippen LogP contribution in [0, 0.1) is 29.1 Å². The third-order valence-corrected chi connectivity index (χ3v) is 2.98. The van der Waals surface area contributed by atoms with Crippen molar-refractivity contribution in [2.45, 2.75) is 0 Å². The Hall–Kier alpha value is -2.77. The highest BCUT2D eigenvalue weighted by Crippen LogP contribution is 2.31. The number of nitrogens with zero attached hydrogens (tertiary/aromatic N) is 2. The molecule has 0 radical (unpaired) electrons. The third kappa shape index (κ3) is 2.12. The van der Waals surface area contributed by atoms with Crippen molar-refractivity contribution >= 4 is 0 Å². The maximum atomic E-state index is 13.7. The molecule has 2 heterocycles. The van der Waals surface area contributed by atoms with Crippen molar-refractivity contribution in [1.82, 2.24) is 15.2 Å². The zero-order valence-electron chi connectivity index (χ0n) is 10.7. The Bertz CT molecular complexity index is 816. The minimum Gasteiger partial charge on any atom is -0.276 e. The second-order valence-electron chi connectivity index (χ2n) is 4.33. The molecule has 0 bridgehead atoms. The summed E-state index contributed by atoms with van der Waals surface area (Å²) in [5.74, 6) is -10.1. The lowest BCUT2D eigenvalue weighted by atomic mass is 10.1. The first-order valence-electron chi connectivity index (χ1n) is 5.99. The van der Waals surface area contributed by atoms with Gasteiger partial charge in [-0.15, -0.1) is 0 Å². The van der Waals surface area contributed by atoms with Crippen LogP contribution in [0.15, 0.2) is 30.5 Å². The summed E-state index contributed by atoms with van der Waals surface area (Å²) in [6.07, 6.45) is 1.48. The van der Waals surface area contributed by atoms with E-state index in [2.05, 4.69) is 15.2 Å². The standard InChI is InChI=1S/C14H6F5N3/c15-10-9(11(16)13(18)14(19)12(10)17)8-5-7(21-22-8)6-3-1-2-4-20-6/h1-5H,(H,21,22). The van der Waals surface area contributed by atoms with E-state index in [0.717, 1.165) is 6.07 Å². The summed E-state index contributed by atoms with van der Waals surface area (Å²) < 4.78 is 66.9. The van der Waals surface area contributed by atoms with Crippen LogP contribution >= 0.6 is 0 Å². The predicted molar refractivity (Wildman–Crippen MR) is 67.0 cm³/mol. The van der Waals surface area contributed by atoms with Crippen LogP contribution in [0.25, 0.3) is 22.6 Å². The SMILES string of the molecule is Fc1c(F)c(F)c(-c2cc(-c3ccccn3)[nH]n2)c(F)c1F. The molecule has 1 aromatic carbocycles. The predicted octanol–water partition coefficient (Wildman–Crippen LogP) is 3.83. The van der Waals surface area contributed by atoms with Gasteiger partial charge >= 0.3 is 0 Å². The summed E-state index contributed by atoms with van der Waals surface area (Å²) in [5, 5.41) is 6.04. The Kier molecular flexibility index (Phi) is 3.36. The summed E-state index contributed by atoms with van der Waals surface area (Å²) in [6.45, 7) is 0. The topological polar surface area (TPSA) is 41.6 Å². The lowest BCUT2D eigenvalue weighted by Gasteiger charge is -2.05. The molecule has 0 amide bonds. The van der Waals surface area contributed by atoms with Gasteiger partial charge in [0.05, 0.1) is 22.6 Å². The molecule has 3 nitrogen and oxygen atoms in total. The van der Waals surface area contributed by atoms with Crippen molar-refractivity contribution in [3.05, 3.63) is 59.5 Å². The highest BCUT2D eigenvalue weighted by atomic mass is 19.2. The molecule has 0 fully saturated rings. The number of halogens is 5. The molecule has 0 saturated heterocycles. The van der Waals surface area contributed by atoms with Crippen LogP contribution < -0.4 is 0 Å². The van der Waals surface area contributed by atoms with E-state index < -0.39 is 40.3 Å². The lowest BCUT2D eigenvalue weighted by molar-refractivity contribution is 0.381. The molecular formula is C14H6F5N3. The van der Waals surface area contributed by atoms with Gasteiger partial charge < -0.3 is 0 Å². The van der Waals surface area contributed by atoms with Crippen molar-refractivity contribution in [2.24, 2.45) is 0 Å². The number of hydrogen-bond donors (Lipinski definition) is 1. The Morgan fingerprint density at radius 2 is 1.41 bits per heavy atom. The van der Waals surface area contributed by atoms with Crippen LogP contribution in [-0.2, 0) is 0 Å². The second-order valence-corrected chi connectivity index (χ2v) is 4.33. The molecule has 3 aromatic rings. The largest absolute Gasteiger partial charge is 0.276 e. The average Bonchev–Trinajstić information content (AvgIpc) is 3.02. The van der Waals surface area contributed by atoms with Crippen molar-refractivity contribution in [1.29, 1.82) is 0 Å². The van der Waals surface area contributed by atoms with E-state index in [0.29, 0.717) is 5.69 Å². The number of rotatable bonds is 2. The molecule has 3 rings (SSSR count). The number of aromatic amines is 1. The Balaban J connectivity index is 2.16. The van der Waals surface area contributed by atoms with E-state index in [1.54, 1.807) is 18.2 Å². The van der Waals surface area contributed by atoms with Gasteiger partial charge in [0.1, 0.15) is 0 Å². The van der Waals surface area contributed by atoms with E-state index >= 15 is 0 Å². The van der Waals surface area contributed by atoms with E-state index in [1.807, 2.05) is 0 Å². The highest BCUT2D eigenvalue weighted by Gasteiger charge is 2.28. The average molecular weight is 311 g/mol. The van der Waals surface area contributed by atoms with Gasteiger partial charge in [0, 0.05) is 6.20 Å². The van der Waals surface area contributed by atoms with Crippen LogP contribution in [0.4, 0.5) is 22.0 Å². The number of pyridine rings is 1. The van der Waals surface area contributed by atoms with Crippen LogP contribution in [0.3, 0.4) is 0 Å². The zero-order valence-corrected chi connectivity index (χ0v) is 10.7. The summed E-state index contributed by atoms with van der Waals surface area (Å²) in [4.78, 5) is 3.98. The van der Waals surface area contributed by atoms with Gasteiger partial charge in [0.2, 0.25) is 5.82 Å². The van der Waals surface area contributed by atoms with Crippen molar-refractivity contribution in [2.75, 3.05) is 0 Å². The van der Waals surface area contributed by atoms with Gasteiger partial charge in [0.25, 0.3) is 0 Å². The van der Waals surface area contributed by atoms with Crippen LogP contribution in [0.2, 0.25) is 0 Å². The first kappa shape index (κ1) is 14.2. The van der Waals surface area contributed by atoms with Gasteiger partial charge in [-0.25, -0.2) is 22.0 Å². The molecular weight excluding hydrogens is 305 g/mol. The first-order chi connectivity index (χ1) is 10.5. The molecule has 0 spiro atoms. The molecule has 22 heavy (non-hydrogen) atoms. The van der Waals surface area contributed by atoms with Crippen LogP contribution in [0.5, 0.6) is 0 Å². The third-order valence-electron chi connectivity index (χ3n) is 2.98. The molecule has 1 N–H and O–H groups in total. The summed E-state index contributed by atoms with van der Waals surface area (Å²) in [5.41, 5.74) is -0.812. The molecule has 112 valence electrons. The maximum Gasteiger partial charge on any atom is 0.200 e.